The highest BCUT2D eigenvalue weighted by Crippen LogP contribution is 2.34. The van der Waals surface area contributed by atoms with E-state index in [-0.39, 0.29) is 17.9 Å². The third-order valence-corrected chi connectivity index (χ3v) is 7.77. The van der Waals surface area contributed by atoms with E-state index < -0.39 is 0 Å². The van der Waals surface area contributed by atoms with Gasteiger partial charge in [0.2, 0.25) is 0 Å². The van der Waals surface area contributed by atoms with Crippen LogP contribution in [0, 0.1) is 6.92 Å². The highest BCUT2D eigenvalue weighted by Gasteiger charge is 2.27. The number of ether oxygens (including phenoxy) is 2. The number of piperidine rings is 1. The number of carbonyl (C=O) groups excluding carboxylic acids is 2. The highest BCUT2D eigenvalue weighted by molar-refractivity contribution is 7.10. The topological polar surface area (TPSA) is 121 Å². The molecule has 10 nitrogen and oxygen atoms in total. The number of methoxy groups -OCH3 is 2. The normalized spacial score (nSPS) is 13.7. The number of hydrogen-bond donors (Lipinski definition) is 3. The zero-order valence-corrected chi connectivity index (χ0v) is 22.8. The Balaban J connectivity index is 1.15. The fourth-order valence-corrected chi connectivity index (χ4v) is 5.52. The average Bonchev–Trinajstić information content (AvgIpc) is 3.65. The minimum absolute atomic E-state index is 0.177. The van der Waals surface area contributed by atoms with Crippen LogP contribution in [0.2, 0.25) is 0 Å². The molecule has 39 heavy (non-hydrogen) atoms. The molecule has 5 rings (SSSR count). The van der Waals surface area contributed by atoms with E-state index in [4.69, 9.17) is 9.47 Å². The third-order valence-electron chi connectivity index (χ3n) is 6.76. The van der Waals surface area contributed by atoms with E-state index in [1.165, 1.54) is 11.3 Å². The molecule has 0 radical (unpaired) electrons. The standard InChI is InChI=1S/C28H30N6O4S/c1-17-13-23(37-2)24(38-3)14-20(17)29-26(35)22-16-39-27(30-22)19-9-11-34(12-10-19)28(36)31-25-15-21(32-33-25)18-7-5-4-6-8-18/h4-8,13-16,19H,9-12H2,1-3H3,(H,29,35)(H2,31,32,33,36). The number of thiazole rings is 1. The molecule has 202 valence electrons. The molecule has 1 aliphatic rings. The maximum atomic E-state index is 12.9. The summed E-state index contributed by atoms with van der Waals surface area (Å²) >= 11 is 1.48. The molecule has 0 saturated carbocycles. The number of anilines is 2. The van der Waals surface area contributed by atoms with Crippen molar-refractivity contribution in [3.05, 3.63) is 70.2 Å². The van der Waals surface area contributed by atoms with E-state index in [1.54, 1.807) is 30.6 Å². The van der Waals surface area contributed by atoms with Gasteiger partial charge in [0.15, 0.2) is 17.3 Å². The summed E-state index contributed by atoms with van der Waals surface area (Å²) in [6.45, 7) is 3.08. The van der Waals surface area contributed by atoms with Crippen molar-refractivity contribution in [2.24, 2.45) is 0 Å². The number of urea groups is 1. The van der Waals surface area contributed by atoms with E-state index in [0.717, 1.165) is 34.7 Å². The minimum atomic E-state index is -0.279. The quantitative estimate of drug-likeness (QED) is 0.281. The van der Waals surface area contributed by atoms with Crippen molar-refractivity contribution in [3.8, 4) is 22.8 Å². The summed E-state index contributed by atoms with van der Waals surface area (Å²) in [7, 11) is 3.13. The lowest BCUT2D eigenvalue weighted by Crippen LogP contribution is -2.40. The molecule has 4 aromatic rings. The van der Waals surface area contributed by atoms with Crippen LogP contribution in [0.25, 0.3) is 11.3 Å². The summed E-state index contributed by atoms with van der Waals surface area (Å²) in [4.78, 5) is 32.1. The van der Waals surface area contributed by atoms with Crippen molar-refractivity contribution in [1.82, 2.24) is 20.1 Å². The van der Waals surface area contributed by atoms with Gasteiger partial charge in [0.1, 0.15) is 5.69 Å². The summed E-state index contributed by atoms with van der Waals surface area (Å²) in [5.41, 5.74) is 3.71. The molecule has 0 atom stereocenters. The van der Waals surface area contributed by atoms with E-state index in [2.05, 4.69) is 25.8 Å². The van der Waals surface area contributed by atoms with Crippen LogP contribution in [0.1, 0.15) is 39.8 Å². The lowest BCUT2D eigenvalue weighted by Gasteiger charge is -2.30. The Labute approximate surface area is 230 Å². The Morgan fingerprint density at radius 1 is 1.03 bits per heavy atom. The van der Waals surface area contributed by atoms with Crippen molar-refractivity contribution in [3.63, 3.8) is 0 Å². The zero-order valence-electron chi connectivity index (χ0n) is 22.0. The maximum Gasteiger partial charge on any atom is 0.323 e. The number of carbonyl (C=O) groups is 2. The summed E-state index contributed by atoms with van der Waals surface area (Å²) in [6.07, 6.45) is 1.54. The van der Waals surface area contributed by atoms with Crippen molar-refractivity contribution < 1.29 is 19.1 Å². The van der Waals surface area contributed by atoms with Crippen molar-refractivity contribution in [2.75, 3.05) is 37.9 Å². The van der Waals surface area contributed by atoms with Crippen LogP contribution in [0.15, 0.2) is 53.9 Å². The number of aromatic amines is 1. The Hall–Kier alpha value is -4.38. The van der Waals surface area contributed by atoms with Gasteiger partial charge in [-0.25, -0.2) is 9.78 Å². The number of aromatic nitrogens is 3. The molecular formula is C28H30N6O4S. The Morgan fingerprint density at radius 2 is 1.74 bits per heavy atom. The van der Waals surface area contributed by atoms with Gasteiger partial charge in [-0.05, 0) is 37.0 Å². The summed E-state index contributed by atoms with van der Waals surface area (Å²) in [5.74, 6) is 1.54. The number of H-pyrrole nitrogens is 1. The number of aryl methyl sites for hydroxylation is 1. The number of nitrogens with zero attached hydrogens (tertiary/aromatic N) is 3. The van der Waals surface area contributed by atoms with Crippen LogP contribution < -0.4 is 20.1 Å². The maximum absolute atomic E-state index is 12.9. The molecule has 1 fully saturated rings. The monoisotopic (exact) mass is 546 g/mol. The molecule has 0 aliphatic carbocycles. The van der Waals surface area contributed by atoms with Gasteiger partial charge >= 0.3 is 6.03 Å². The molecule has 3 amide bonds. The van der Waals surface area contributed by atoms with Crippen LogP contribution in [0.5, 0.6) is 11.5 Å². The predicted molar refractivity (Wildman–Crippen MR) is 151 cm³/mol. The number of hydrogen-bond acceptors (Lipinski definition) is 7. The van der Waals surface area contributed by atoms with Gasteiger partial charge in [0.25, 0.3) is 5.91 Å². The van der Waals surface area contributed by atoms with Crippen LogP contribution in [-0.4, -0.2) is 59.3 Å². The summed E-state index contributed by atoms with van der Waals surface area (Å²) in [6, 6.07) is 15.0. The van der Waals surface area contributed by atoms with E-state index in [9.17, 15) is 9.59 Å². The van der Waals surface area contributed by atoms with Crippen molar-refractivity contribution in [2.45, 2.75) is 25.7 Å². The molecule has 3 heterocycles. The first-order valence-electron chi connectivity index (χ1n) is 12.6. The second-order valence-electron chi connectivity index (χ2n) is 9.27. The van der Waals surface area contributed by atoms with Crippen molar-refractivity contribution >= 4 is 34.8 Å². The second-order valence-corrected chi connectivity index (χ2v) is 10.2. The molecule has 3 N–H and O–H groups in total. The molecule has 0 unspecified atom stereocenters. The SMILES string of the molecule is COc1cc(C)c(NC(=O)c2csc(C3CCN(C(=O)Nc4cc(-c5ccccc5)[nH]n4)CC3)n2)cc1OC. The second kappa shape index (κ2) is 11.6. The molecule has 1 aliphatic heterocycles. The van der Waals surface area contributed by atoms with E-state index >= 15 is 0 Å². The molecule has 2 aromatic heterocycles. The lowest BCUT2D eigenvalue weighted by molar-refractivity contribution is 0.102. The van der Waals surface area contributed by atoms with Crippen LogP contribution in [0.4, 0.5) is 16.3 Å². The Kier molecular flexibility index (Phi) is 7.78. The number of nitrogens with one attached hydrogen (secondary N) is 3. The van der Waals surface area contributed by atoms with E-state index in [1.807, 2.05) is 49.4 Å². The molecule has 2 aromatic carbocycles. The summed E-state index contributed by atoms with van der Waals surface area (Å²) < 4.78 is 10.7. The Morgan fingerprint density at radius 3 is 2.46 bits per heavy atom. The first-order valence-corrected chi connectivity index (χ1v) is 13.5. The van der Waals surface area contributed by atoms with Gasteiger partial charge in [0, 0.05) is 42.2 Å². The minimum Gasteiger partial charge on any atom is -0.493 e. The van der Waals surface area contributed by atoms with E-state index in [0.29, 0.717) is 41.8 Å². The number of amides is 3. The number of benzene rings is 2. The molecule has 0 spiro atoms. The number of likely N-dealkylation sites (tertiary alicyclic amines) is 1. The first kappa shape index (κ1) is 26.2. The number of rotatable bonds is 7. The fraction of sp³-hybridized carbons (Fsp3) is 0.286. The fourth-order valence-electron chi connectivity index (χ4n) is 4.55. The van der Waals surface area contributed by atoms with Crippen molar-refractivity contribution in [1.29, 1.82) is 0 Å². The molecule has 0 bridgehead atoms. The lowest BCUT2D eigenvalue weighted by atomic mass is 9.98. The van der Waals surface area contributed by atoms with Crippen LogP contribution >= 0.6 is 11.3 Å². The van der Waals surface area contributed by atoms with Gasteiger partial charge < -0.3 is 19.7 Å². The van der Waals surface area contributed by atoms with Gasteiger partial charge in [-0.15, -0.1) is 11.3 Å². The predicted octanol–water partition coefficient (Wildman–Crippen LogP) is 5.52. The highest BCUT2D eigenvalue weighted by atomic mass is 32.1. The van der Waals surface area contributed by atoms with Gasteiger partial charge in [-0.1, -0.05) is 30.3 Å². The average molecular weight is 547 g/mol. The van der Waals surface area contributed by atoms with Gasteiger partial charge in [-0.2, -0.15) is 5.10 Å². The third kappa shape index (κ3) is 5.88. The van der Waals surface area contributed by atoms with Crippen LogP contribution in [-0.2, 0) is 0 Å². The Bertz CT molecular complexity index is 1460. The molecular weight excluding hydrogens is 516 g/mol. The van der Waals surface area contributed by atoms with Gasteiger partial charge in [-0.3, -0.25) is 15.2 Å². The molecule has 11 heteroatoms. The summed E-state index contributed by atoms with van der Waals surface area (Å²) in [5, 5.41) is 15.7. The largest absolute Gasteiger partial charge is 0.493 e. The van der Waals surface area contributed by atoms with Crippen LogP contribution in [0.3, 0.4) is 0 Å². The smallest absolute Gasteiger partial charge is 0.323 e. The van der Waals surface area contributed by atoms with Gasteiger partial charge in [0.05, 0.1) is 24.9 Å². The zero-order chi connectivity index (χ0) is 27.4. The first-order chi connectivity index (χ1) is 18.9. The molecule has 1 saturated heterocycles.